The molecule has 272 valence electrons. The fourth-order valence-corrected chi connectivity index (χ4v) is 13.4. The second-order valence-corrected chi connectivity index (χ2v) is 18.8. The number of hydrogen-bond donors (Lipinski definition) is 0. The third kappa shape index (κ3) is 8.50. The van der Waals surface area contributed by atoms with Gasteiger partial charge in [-0.3, -0.25) is 0 Å². The molecule has 49 heavy (non-hydrogen) atoms. The summed E-state index contributed by atoms with van der Waals surface area (Å²) in [5.74, 6) is 0.934. The van der Waals surface area contributed by atoms with Gasteiger partial charge in [-0.2, -0.15) is 9.90 Å². The summed E-state index contributed by atoms with van der Waals surface area (Å²) in [5, 5.41) is 0. The molecular formula is C36H57N3O6P4. The fourth-order valence-electron chi connectivity index (χ4n) is 7.96. The van der Waals surface area contributed by atoms with Crippen molar-refractivity contribution in [3.63, 3.8) is 0 Å². The molecule has 0 aromatic heterocycles. The highest BCUT2D eigenvalue weighted by molar-refractivity contribution is 7.50. The zero-order valence-corrected chi connectivity index (χ0v) is 34.2. The summed E-state index contributed by atoms with van der Waals surface area (Å²) in [4.78, 5) is 0. The molecule has 5 fully saturated rings. The van der Waals surface area contributed by atoms with E-state index in [1.165, 1.54) is 54.6 Å². The molecule has 0 radical (unpaired) electrons. The number of hydrogen-bond acceptors (Lipinski definition) is 9. The highest BCUT2D eigenvalue weighted by atomic mass is 31.2. The van der Waals surface area contributed by atoms with Crippen molar-refractivity contribution < 1.29 is 27.1 Å². The van der Waals surface area contributed by atoms with E-state index in [9.17, 15) is 0 Å². The van der Waals surface area contributed by atoms with Crippen molar-refractivity contribution in [2.75, 3.05) is 29.2 Å². The molecule has 2 unspecified atom stereocenters. The van der Waals surface area contributed by atoms with Crippen molar-refractivity contribution in [2.45, 2.75) is 129 Å². The second kappa shape index (κ2) is 17.1. The van der Waals surface area contributed by atoms with E-state index < -0.39 is 25.6 Å². The van der Waals surface area contributed by atoms with E-state index in [1.807, 2.05) is 0 Å². The Labute approximate surface area is 301 Å². The maximum atomic E-state index is 5.94. The fraction of sp³-hybridized carbons (Fsp3) is 0.667. The first-order valence-corrected chi connectivity index (χ1v) is 21.5. The molecule has 6 aliphatic heterocycles. The Hall–Kier alpha value is -0.520. The molecular weight excluding hydrogens is 694 g/mol. The highest BCUT2D eigenvalue weighted by Gasteiger charge is 2.51. The molecule has 2 aromatic carbocycles. The topological polar surface area (TPSA) is 65.1 Å². The number of anilines is 2. The molecule has 2 aromatic rings. The summed E-state index contributed by atoms with van der Waals surface area (Å²) in [7, 11) is -2.49. The monoisotopic (exact) mass is 751 g/mol. The van der Waals surface area contributed by atoms with Gasteiger partial charge in [0.25, 0.3) is 25.6 Å². The molecule has 9 atom stereocenters. The Morgan fingerprint density at radius 2 is 1.06 bits per heavy atom. The number of fused-ring (bicyclic) bond motifs is 9. The van der Waals surface area contributed by atoms with Crippen LogP contribution in [0.15, 0.2) is 48.5 Å². The van der Waals surface area contributed by atoms with E-state index in [0.29, 0.717) is 18.1 Å². The van der Waals surface area contributed by atoms with Crippen LogP contribution in [0.5, 0.6) is 0 Å². The normalized spacial score (nSPS) is 32.1. The molecule has 0 bridgehead atoms. The van der Waals surface area contributed by atoms with E-state index >= 15 is 0 Å². The van der Waals surface area contributed by atoms with Gasteiger partial charge in [-0.05, 0) is 103 Å². The Bertz CT molecular complexity index is 1300. The molecule has 9 nitrogen and oxygen atoms in total. The van der Waals surface area contributed by atoms with Gasteiger partial charge in [0.2, 0.25) is 0 Å². The van der Waals surface area contributed by atoms with Crippen LogP contribution in [0.4, 0.5) is 11.4 Å². The van der Waals surface area contributed by atoms with Gasteiger partial charge >= 0.3 is 0 Å². The second-order valence-electron chi connectivity index (χ2n) is 14.6. The zero-order chi connectivity index (χ0) is 33.4. The van der Waals surface area contributed by atoms with Crippen LogP contribution in [0.3, 0.4) is 0 Å². The van der Waals surface area contributed by atoms with E-state index in [4.69, 9.17) is 27.1 Å². The van der Waals surface area contributed by atoms with Crippen molar-refractivity contribution >= 4 is 46.9 Å². The number of nitrogens with zero attached hydrogens (tertiary/aromatic N) is 3. The number of rotatable bonds is 6. The van der Waals surface area contributed by atoms with Gasteiger partial charge in [0.05, 0.1) is 50.2 Å². The molecule has 0 N–H and O–H groups in total. The van der Waals surface area contributed by atoms with Crippen molar-refractivity contribution in [1.29, 1.82) is 0 Å². The first-order valence-electron chi connectivity index (χ1n) is 18.1. The SMILES string of the molecule is CC(C)O[P@@]1OC[C@H]2Cc3ccccc3N21.CC(C)O[P@]1OC[C@@H]2C[C@@H]3CCCCC3N21.CC(C)O[P@]1OC[C@@H]2Cc3ccccc3N21.P. The van der Waals surface area contributed by atoms with Crippen molar-refractivity contribution in [3.8, 4) is 0 Å². The predicted octanol–water partition coefficient (Wildman–Crippen LogP) is 9.56. The van der Waals surface area contributed by atoms with Gasteiger partial charge in [0, 0.05) is 23.5 Å². The van der Waals surface area contributed by atoms with Crippen LogP contribution in [0, 0.1) is 5.92 Å². The van der Waals surface area contributed by atoms with E-state index in [2.05, 4.69) is 104 Å². The Kier molecular flexibility index (Phi) is 13.3. The van der Waals surface area contributed by atoms with Crippen molar-refractivity contribution in [1.82, 2.24) is 4.67 Å². The van der Waals surface area contributed by atoms with Gasteiger partial charge in [-0.15, -0.1) is 0 Å². The van der Waals surface area contributed by atoms with Crippen molar-refractivity contribution in [3.05, 3.63) is 59.7 Å². The summed E-state index contributed by atoms with van der Waals surface area (Å²) in [5.41, 5.74) is 5.46. The predicted molar refractivity (Wildman–Crippen MR) is 207 cm³/mol. The molecule has 0 amide bonds. The van der Waals surface area contributed by atoms with Gasteiger partial charge in [-0.25, -0.2) is 4.67 Å². The van der Waals surface area contributed by atoms with Crippen LogP contribution in [-0.4, -0.2) is 67.0 Å². The van der Waals surface area contributed by atoms with Crippen LogP contribution in [0.2, 0.25) is 0 Å². The molecule has 6 heterocycles. The lowest BCUT2D eigenvalue weighted by molar-refractivity contribution is 0.188. The quantitative estimate of drug-likeness (QED) is 0.269. The van der Waals surface area contributed by atoms with Gasteiger partial charge in [-0.1, -0.05) is 49.2 Å². The number of para-hydroxylation sites is 2. The molecule has 0 spiro atoms. The smallest absolute Gasteiger partial charge is 0.290 e. The van der Waals surface area contributed by atoms with Crippen LogP contribution in [0.25, 0.3) is 0 Å². The maximum Gasteiger partial charge on any atom is 0.290 e. The van der Waals surface area contributed by atoms with Crippen LogP contribution >= 0.6 is 35.5 Å². The minimum absolute atomic E-state index is 0. The largest absolute Gasteiger partial charge is 0.320 e. The van der Waals surface area contributed by atoms with E-state index in [0.717, 1.165) is 44.6 Å². The Morgan fingerprint density at radius 1 is 0.612 bits per heavy atom. The molecule has 4 saturated heterocycles. The Morgan fingerprint density at radius 3 is 1.59 bits per heavy atom. The third-order valence-corrected chi connectivity index (χ3v) is 15.5. The first kappa shape index (κ1) is 38.2. The van der Waals surface area contributed by atoms with Gasteiger partial charge < -0.3 is 36.5 Å². The Balaban J connectivity index is 0.000000126. The lowest BCUT2D eigenvalue weighted by Gasteiger charge is -2.33. The minimum Gasteiger partial charge on any atom is -0.320 e. The maximum absolute atomic E-state index is 5.94. The summed E-state index contributed by atoms with van der Waals surface area (Å²) in [6.07, 6.45) is 9.90. The minimum atomic E-state index is -0.878. The van der Waals surface area contributed by atoms with Gasteiger partial charge in [0.15, 0.2) is 0 Å². The summed E-state index contributed by atoms with van der Waals surface area (Å²) in [6, 6.07) is 19.5. The van der Waals surface area contributed by atoms with E-state index in [-0.39, 0.29) is 28.2 Å². The van der Waals surface area contributed by atoms with Crippen LogP contribution < -0.4 is 9.34 Å². The first-order chi connectivity index (χ1) is 23.3. The molecule has 13 heteroatoms. The number of benzene rings is 2. The lowest BCUT2D eigenvalue weighted by atomic mass is 9.85. The summed E-state index contributed by atoms with van der Waals surface area (Å²) < 4.78 is 42.3. The van der Waals surface area contributed by atoms with Gasteiger partial charge in [0.1, 0.15) is 0 Å². The highest BCUT2D eigenvalue weighted by Crippen LogP contribution is 2.60. The lowest BCUT2D eigenvalue weighted by Crippen LogP contribution is -2.32. The van der Waals surface area contributed by atoms with Crippen LogP contribution in [0.1, 0.15) is 84.8 Å². The average Bonchev–Trinajstić information content (AvgIpc) is 3.89. The summed E-state index contributed by atoms with van der Waals surface area (Å²) in [6.45, 7) is 14.9. The molecule has 1 saturated carbocycles. The molecule has 9 rings (SSSR count). The molecule has 7 aliphatic rings. The molecule has 1 aliphatic carbocycles. The van der Waals surface area contributed by atoms with E-state index in [1.54, 1.807) is 0 Å². The van der Waals surface area contributed by atoms with Crippen LogP contribution in [-0.2, 0) is 40.0 Å². The summed E-state index contributed by atoms with van der Waals surface area (Å²) >= 11 is 0. The standard InChI is InChI=1S/C12H22NO2P.2C12H16NO2P.H3P/c3*1-9(2)15-16-13-11(8-14-16)7-10-5-3-4-6-12(10)13;/h9-12H,3-8H2,1-2H3;2*3-6,9,11H,7-8H2,1-2H3;1H3/t10-,11-,12?,16-;2*11-,16-;/m010./s1. The van der Waals surface area contributed by atoms with Crippen molar-refractivity contribution in [2.24, 2.45) is 5.92 Å². The third-order valence-electron chi connectivity index (χ3n) is 9.81. The zero-order valence-electron chi connectivity index (χ0n) is 30.1. The average molecular weight is 752 g/mol.